The lowest BCUT2D eigenvalue weighted by Gasteiger charge is -2.35. The van der Waals surface area contributed by atoms with Gasteiger partial charge in [-0.05, 0) is 28.2 Å². The second-order valence-corrected chi connectivity index (χ2v) is 10.1. The molecular weight excluding hydrogens is 452 g/mol. The van der Waals surface area contributed by atoms with E-state index in [-0.39, 0.29) is 43.2 Å². The number of hydrogen-bond acceptors (Lipinski definition) is 5. The summed E-state index contributed by atoms with van der Waals surface area (Å²) in [4.78, 5) is 38.0. The lowest BCUT2D eigenvalue weighted by Crippen LogP contribution is -2.47. The van der Waals surface area contributed by atoms with E-state index in [0.29, 0.717) is 18.8 Å². The maximum absolute atomic E-state index is 12.8. The molecule has 0 spiro atoms. The number of benzene rings is 2. The standard InChI is InChI=1S/C26H30N2O5S/c1-17(12-24(29)28-10-11-34-16-18(28)13-25(30)31)14-27-26(32)33-15-23-21-8-4-2-6-19(21)20-7-3-5-9-22(20)23/h2-9,17-18,23H,10-16H2,1H3,(H,27,32)(H,30,31). The molecule has 7 nitrogen and oxygen atoms in total. The number of nitrogens with one attached hydrogen (secondary N) is 1. The Kier molecular flexibility index (Phi) is 7.77. The largest absolute Gasteiger partial charge is 0.481 e. The van der Waals surface area contributed by atoms with Crippen LogP contribution in [-0.4, -0.2) is 65.2 Å². The van der Waals surface area contributed by atoms with Crippen molar-refractivity contribution in [1.29, 1.82) is 0 Å². The van der Waals surface area contributed by atoms with Crippen LogP contribution >= 0.6 is 11.8 Å². The molecular formula is C26H30N2O5S. The molecule has 4 rings (SSSR count). The third-order valence-corrected chi connectivity index (χ3v) is 7.51. The lowest BCUT2D eigenvalue weighted by molar-refractivity contribution is -0.140. The maximum Gasteiger partial charge on any atom is 0.407 e. The first-order chi connectivity index (χ1) is 16.4. The average molecular weight is 483 g/mol. The van der Waals surface area contributed by atoms with Crippen molar-refractivity contribution >= 4 is 29.7 Å². The molecule has 2 atom stereocenters. The van der Waals surface area contributed by atoms with Crippen molar-refractivity contribution in [2.24, 2.45) is 5.92 Å². The quantitative estimate of drug-likeness (QED) is 0.591. The van der Waals surface area contributed by atoms with Crippen LogP contribution in [0.1, 0.15) is 36.8 Å². The van der Waals surface area contributed by atoms with Crippen molar-refractivity contribution in [3.05, 3.63) is 59.7 Å². The highest BCUT2D eigenvalue weighted by Gasteiger charge is 2.30. The number of amides is 2. The van der Waals surface area contributed by atoms with Crippen molar-refractivity contribution in [1.82, 2.24) is 10.2 Å². The Balaban J connectivity index is 1.26. The zero-order valence-corrected chi connectivity index (χ0v) is 20.1. The topological polar surface area (TPSA) is 95.9 Å². The minimum absolute atomic E-state index is 0.000270. The summed E-state index contributed by atoms with van der Waals surface area (Å²) in [6.07, 6.45) is -0.283. The third-order valence-electron chi connectivity index (χ3n) is 6.42. The van der Waals surface area contributed by atoms with Crippen LogP contribution in [0.5, 0.6) is 0 Å². The average Bonchev–Trinajstić information content (AvgIpc) is 3.15. The normalized spacial score (nSPS) is 18.0. The van der Waals surface area contributed by atoms with Crippen molar-refractivity contribution in [2.45, 2.75) is 31.7 Å². The van der Waals surface area contributed by atoms with Crippen LogP contribution in [0.3, 0.4) is 0 Å². The SMILES string of the molecule is CC(CNC(=O)OCC1c2ccccc2-c2ccccc21)CC(=O)N1CCSCC1CC(=O)O. The molecule has 0 radical (unpaired) electrons. The van der Waals surface area contributed by atoms with Gasteiger partial charge in [0.25, 0.3) is 0 Å². The van der Waals surface area contributed by atoms with E-state index >= 15 is 0 Å². The molecule has 2 unspecified atom stereocenters. The van der Waals surface area contributed by atoms with Crippen LogP contribution in [-0.2, 0) is 14.3 Å². The van der Waals surface area contributed by atoms with E-state index in [2.05, 4.69) is 29.6 Å². The number of nitrogens with zero attached hydrogens (tertiary/aromatic N) is 1. The van der Waals surface area contributed by atoms with Crippen molar-refractivity contribution in [3.8, 4) is 11.1 Å². The van der Waals surface area contributed by atoms with Gasteiger partial charge in [0.2, 0.25) is 5.91 Å². The molecule has 0 saturated carbocycles. The fourth-order valence-electron chi connectivity index (χ4n) is 4.75. The van der Waals surface area contributed by atoms with Crippen molar-refractivity contribution < 1.29 is 24.2 Å². The molecule has 180 valence electrons. The number of carboxylic acids is 1. The van der Waals surface area contributed by atoms with Gasteiger partial charge in [-0.25, -0.2) is 4.79 Å². The van der Waals surface area contributed by atoms with Gasteiger partial charge in [0.15, 0.2) is 0 Å². The van der Waals surface area contributed by atoms with Crippen molar-refractivity contribution in [3.63, 3.8) is 0 Å². The van der Waals surface area contributed by atoms with E-state index in [1.807, 2.05) is 31.2 Å². The molecule has 1 fully saturated rings. The summed E-state index contributed by atoms with van der Waals surface area (Å²) in [6.45, 7) is 3.02. The Morgan fingerprint density at radius 2 is 1.76 bits per heavy atom. The van der Waals surface area contributed by atoms with Gasteiger partial charge < -0.3 is 20.1 Å². The summed E-state index contributed by atoms with van der Waals surface area (Å²) in [5.41, 5.74) is 4.67. The van der Waals surface area contributed by atoms with Gasteiger partial charge in [-0.1, -0.05) is 55.5 Å². The molecule has 34 heavy (non-hydrogen) atoms. The van der Waals surface area contributed by atoms with Crippen LogP contribution < -0.4 is 5.32 Å². The van der Waals surface area contributed by atoms with E-state index < -0.39 is 12.1 Å². The molecule has 2 aliphatic rings. The molecule has 2 aromatic carbocycles. The predicted octanol–water partition coefficient (Wildman–Crippen LogP) is 3.97. The van der Waals surface area contributed by atoms with Gasteiger partial charge in [0.05, 0.1) is 12.5 Å². The first-order valence-corrected chi connectivity index (χ1v) is 12.8. The summed E-state index contributed by atoms with van der Waals surface area (Å²) < 4.78 is 5.56. The number of carbonyl (C=O) groups is 3. The number of carbonyl (C=O) groups excluding carboxylic acids is 2. The summed E-state index contributed by atoms with van der Waals surface area (Å²) >= 11 is 1.68. The minimum atomic E-state index is -0.893. The Labute approximate surface area is 203 Å². The zero-order chi connectivity index (χ0) is 24.1. The Morgan fingerprint density at radius 1 is 1.12 bits per heavy atom. The highest BCUT2D eigenvalue weighted by molar-refractivity contribution is 7.99. The molecule has 1 saturated heterocycles. The van der Waals surface area contributed by atoms with E-state index in [1.54, 1.807) is 16.7 Å². The van der Waals surface area contributed by atoms with E-state index in [0.717, 1.165) is 16.9 Å². The van der Waals surface area contributed by atoms with Gasteiger partial charge in [-0.2, -0.15) is 11.8 Å². The second-order valence-electron chi connectivity index (χ2n) is 8.93. The molecule has 1 aliphatic carbocycles. The number of alkyl carbamates (subject to hydrolysis) is 1. The number of rotatable bonds is 8. The van der Waals surface area contributed by atoms with Crippen LogP contribution in [0, 0.1) is 5.92 Å². The maximum atomic E-state index is 12.8. The van der Waals surface area contributed by atoms with Crippen LogP contribution in [0.25, 0.3) is 11.1 Å². The zero-order valence-electron chi connectivity index (χ0n) is 19.2. The van der Waals surface area contributed by atoms with Gasteiger partial charge in [-0.15, -0.1) is 0 Å². The molecule has 2 aromatic rings. The van der Waals surface area contributed by atoms with E-state index in [1.165, 1.54) is 11.1 Å². The Hall–Kier alpha value is -3.00. The molecule has 1 aliphatic heterocycles. The lowest BCUT2D eigenvalue weighted by atomic mass is 9.98. The highest BCUT2D eigenvalue weighted by atomic mass is 32.2. The fourth-order valence-corrected chi connectivity index (χ4v) is 5.81. The summed E-state index contributed by atoms with van der Waals surface area (Å²) in [6, 6.07) is 16.1. The third kappa shape index (κ3) is 5.55. The van der Waals surface area contributed by atoms with Crippen LogP contribution in [0.2, 0.25) is 0 Å². The number of ether oxygens (including phenoxy) is 1. The predicted molar refractivity (Wildman–Crippen MR) is 132 cm³/mol. The van der Waals surface area contributed by atoms with Gasteiger partial charge in [0.1, 0.15) is 6.61 Å². The number of aliphatic carboxylic acids is 1. The van der Waals surface area contributed by atoms with Crippen molar-refractivity contribution in [2.75, 3.05) is 31.2 Å². The highest BCUT2D eigenvalue weighted by Crippen LogP contribution is 2.44. The van der Waals surface area contributed by atoms with E-state index in [9.17, 15) is 14.4 Å². The molecule has 0 bridgehead atoms. The first kappa shape index (κ1) is 24.1. The molecule has 1 heterocycles. The molecule has 8 heteroatoms. The smallest absolute Gasteiger partial charge is 0.407 e. The molecule has 2 N–H and O–H groups in total. The number of hydrogen-bond donors (Lipinski definition) is 2. The van der Waals surface area contributed by atoms with Crippen LogP contribution in [0.15, 0.2) is 48.5 Å². The molecule has 2 amide bonds. The number of fused-ring (bicyclic) bond motifs is 3. The summed E-state index contributed by atoms with van der Waals surface area (Å²) in [5, 5.41) is 11.9. The van der Waals surface area contributed by atoms with E-state index in [4.69, 9.17) is 9.84 Å². The number of thioether (sulfide) groups is 1. The van der Waals surface area contributed by atoms with Crippen LogP contribution in [0.4, 0.5) is 4.79 Å². The van der Waals surface area contributed by atoms with Gasteiger partial charge >= 0.3 is 12.1 Å². The summed E-state index contributed by atoms with van der Waals surface area (Å²) in [7, 11) is 0. The minimum Gasteiger partial charge on any atom is -0.481 e. The monoisotopic (exact) mass is 482 g/mol. The van der Waals surface area contributed by atoms with Gasteiger partial charge in [0, 0.05) is 36.9 Å². The Morgan fingerprint density at radius 3 is 2.41 bits per heavy atom. The fraction of sp³-hybridized carbons (Fsp3) is 0.423. The Bertz CT molecular complexity index is 1010. The first-order valence-electron chi connectivity index (χ1n) is 11.6. The molecule has 0 aromatic heterocycles. The summed E-state index contributed by atoms with van der Waals surface area (Å²) in [5.74, 6) is 0.413. The second kappa shape index (κ2) is 11.0. The van der Waals surface area contributed by atoms with Gasteiger partial charge in [-0.3, -0.25) is 9.59 Å². The number of carboxylic acid groups (broad SMARTS) is 1.